The average molecular weight is 463 g/mol. The summed E-state index contributed by atoms with van der Waals surface area (Å²) in [6, 6.07) is 11.1. The molecule has 0 aliphatic heterocycles. The molecule has 1 aliphatic rings. The van der Waals surface area contributed by atoms with Crippen LogP contribution in [0.15, 0.2) is 48.5 Å². The van der Waals surface area contributed by atoms with Crippen molar-refractivity contribution >= 4 is 23.2 Å². The topological polar surface area (TPSA) is 92.6 Å². The smallest absolute Gasteiger partial charge is 0.326 e. The Kier molecular flexibility index (Phi) is 7.67. The first-order valence-corrected chi connectivity index (χ1v) is 10.6. The number of hydrogen-bond acceptors (Lipinski definition) is 4. The van der Waals surface area contributed by atoms with E-state index < -0.39 is 30.1 Å². The van der Waals surface area contributed by atoms with Gasteiger partial charge in [0.1, 0.15) is 6.54 Å². The highest BCUT2D eigenvalue weighted by Crippen LogP contribution is 2.27. The molecule has 1 N–H and O–H groups in total. The maximum absolute atomic E-state index is 13.2. The number of nitrogens with zero attached hydrogens (tertiary/aromatic N) is 2. The van der Waals surface area contributed by atoms with Crippen molar-refractivity contribution in [3.05, 3.63) is 69.8 Å². The molecule has 2 amide bonds. The maximum Gasteiger partial charge on any atom is 0.406 e. The molecule has 2 aromatic carbocycles. The van der Waals surface area contributed by atoms with Crippen molar-refractivity contribution in [3.63, 3.8) is 0 Å². The third kappa shape index (κ3) is 6.77. The van der Waals surface area contributed by atoms with Crippen molar-refractivity contribution < 1.29 is 27.7 Å². The number of nitro groups is 1. The Morgan fingerprint density at radius 1 is 1.06 bits per heavy atom. The lowest BCUT2D eigenvalue weighted by Crippen LogP contribution is -2.38. The quantitative estimate of drug-likeness (QED) is 0.444. The van der Waals surface area contributed by atoms with E-state index in [0.717, 1.165) is 32.1 Å². The van der Waals surface area contributed by atoms with Gasteiger partial charge in [0.15, 0.2) is 0 Å². The molecular formula is C23H24F3N3O4. The Hall–Kier alpha value is -3.43. The fourth-order valence-electron chi connectivity index (χ4n) is 3.97. The minimum atomic E-state index is -4.70. The molecule has 0 spiro atoms. The molecule has 33 heavy (non-hydrogen) atoms. The van der Waals surface area contributed by atoms with Crippen LogP contribution in [0.2, 0.25) is 0 Å². The van der Waals surface area contributed by atoms with Gasteiger partial charge < -0.3 is 10.2 Å². The molecule has 1 saturated carbocycles. The molecular weight excluding hydrogens is 439 g/mol. The molecule has 0 radical (unpaired) electrons. The van der Waals surface area contributed by atoms with Gasteiger partial charge in [0.2, 0.25) is 5.91 Å². The van der Waals surface area contributed by atoms with Crippen molar-refractivity contribution in [2.45, 2.75) is 44.8 Å². The van der Waals surface area contributed by atoms with Crippen molar-refractivity contribution in [3.8, 4) is 0 Å². The highest BCUT2D eigenvalue weighted by molar-refractivity contribution is 5.97. The van der Waals surface area contributed by atoms with E-state index in [-0.39, 0.29) is 28.6 Å². The number of para-hydroxylation sites is 1. The second kappa shape index (κ2) is 10.5. The van der Waals surface area contributed by atoms with Crippen molar-refractivity contribution in [1.29, 1.82) is 0 Å². The summed E-state index contributed by atoms with van der Waals surface area (Å²) in [5.74, 6) is -1.25. The van der Waals surface area contributed by atoms with Crippen LogP contribution in [0.25, 0.3) is 0 Å². The van der Waals surface area contributed by atoms with E-state index in [2.05, 4.69) is 5.32 Å². The van der Waals surface area contributed by atoms with E-state index in [9.17, 15) is 32.9 Å². The molecule has 0 saturated heterocycles. The summed E-state index contributed by atoms with van der Waals surface area (Å²) in [6.07, 6.45) is -0.128. The second-order valence-electron chi connectivity index (χ2n) is 8.07. The van der Waals surface area contributed by atoms with Crippen LogP contribution in [0.3, 0.4) is 0 Å². The standard InChI is InChI=1S/C23H24F3N3O4/c24-23(25,26)15-28(14-18-9-4-5-12-20(18)29(32)33)22(31)17-10-6-11-19(13-17)27-21(30)16-7-2-1-3-8-16/h4-6,9-13,16H,1-3,7-8,14-15H2,(H,27,30). The van der Waals surface area contributed by atoms with Crippen LogP contribution >= 0.6 is 0 Å². The van der Waals surface area contributed by atoms with Gasteiger partial charge in [0, 0.05) is 28.8 Å². The Morgan fingerprint density at radius 2 is 1.76 bits per heavy atom. The Balaban J connectivity index is 1.82. The van der Waals surface area contributed by atoms with Crippen molar-refractivity contribution in [1.82, 2.24) is 4.90 Å². The van der Waals surface area contributed by atoms with Gasteiger partial charge >= 0.3 is 6.18 Å². The maximum atomic E-state index is 13.2. The van der Waals surface area contributed by atoms with Crippen LogP contribution in [-0.2, 0) is 11.3 Å². The highest BCUT2D eigenvalue weighted by Gasteiger charge is 2.34. The molecule has 1 fully saturated rings. The minimum Gasteiger partial charge on any atom is -0.326 e. The first-order chi connectivity index (χ1) is 15.6. The Morgan fingerprint density at radius 3 is 2.42 bits per heavy atom. The van der Waals surface area contributed by atoms with Crippen LogP contribution in [0.4, 0.5) is 24.5 Å². The van der Waals surface area contributed by atoms with E-state index in [4.69, 9.17) is 0 Å². The van der Waals surface area contributed by atoms with E-state index in [1.54, 1.807) is 6.07 Å². The first kappa shape index (κ1) is 24.2. The molecule has 0 atom stereocenters. The number of rotatable bonds is 7. The number of hydrogen-bond donors (Lipinski definition) is 1. The molecule has 0 heterocycles. The Labute approximate surface area is 188 Å². The number of carbonyl (C=O) groups excluding carboxylic acids is 2. The van der Waals surface area contributed by atoms with Crippen LogP contribution < -0.4 is 5.32 Å². The number of nitrogens with one attached hydrogen (secondary N) is 1. The molecule has 7 nitrogen and oxygen atoms in total. The first-order valence-electron chi connectivity index (χ1n) is 10.6. The van der Waals surface area contributed by atoms with Gasteiger partial charge in [-0.15, -0.1) is 0 Å². The molecule has 2 aromatic rings. The zero-order chi connectivity index (χ0) is 24.0. The van der Waals surface area contributed by atoms with Gasteiger partial charge in [-0.2, -0.15) is 13.2 Å². The summed E-state index contributed by atoms with van der Waals surface area (Å²) >= 11 is 0. The minimum absolute atomic E-state index is 0.0122. The number of benzene rings is 2. The van der Waals surface area contributed by atoms with Gasteiger partial charge in [0.25, 0.3) is 11.6 Å². The number of anilines is 1. The van der Waals surface area contributed by atoms with E-state index in [0.29, 0.717) is 10.6 Å². The SMILES string of the molecule is O=C(Nc1cccc(C(=O)N(Cc2ccccc2[N+](=O)[O-])CC(F)(F)F)c1)C1CCCCC1. The van der Waals surface area contributed by atoms with Gasteiger partial charge in [0.05, 0.1) is 11.5 Å². The molecule has 3 rings (SSSR count). The number of carbonyl (C=O) groups is 2. The summed E-state index contributed by atoms with van der Waals surface area (Å²) < 4.78 is 39.6. The Bertz CT molecular complexity index is 1020. The molecule has 1 aliphatic carbocycles. The molecule has 0 bridgehead atoms. The van der Waals surface area contributed by atoms with Crippen LogP contribution in [0.5, 0.6) is 0 Å². The predicted molar refractivity (Wildman–Crippen MR) is 116 cm³/mol. The highest BCUT2D eigenvalue weighted by atomic mass is 19.4. The van der Waals surface area contributed by atoms with E-state index in [1.807, 2.05) is 0 Å². The summed E-state index contributed by atoms with van der Waals surface area (Å²) in [5, 5.41) is 14.0. The van der Waals surface area contributed by atoms with Gasteiger partial charge in [-0.05, 0) is 31.0 Å². The largest absolute Gasteiger partial charge is 0.406 e. The van der Waals surface area contributed by atoms with Crippen LogP contribution in [-0.4, -0.2) is 34.4 Å². The number of halogens is 3. The zero-order valence-corrected chi connectivity index (χ0v) is 17.8. The lowest BCUT2D eigenvalue weighted by Gasteiger charge is -2.24. The number of amides is 2. The van der Waals surface area contributed by atoms with E-state index in [1.165, 1.54) is 42.5 Å². The zero-order valence-electron chi connectivity index (χ0n) is 17.8. The fourth-order valence-corrected chi connectivity index (χ4v) is 3.97. The average Bonchev–Trinajstić information content (AvgIpc) is 2.78. The summed E-state index contributed by atoms with van der Waals surface area (Å²) in [6.45, 7) is -2.16. The molecule has 0 aromatic heterocycles. The van der Waals surface area contributed by atoms with Gasteiger partial charge in [-0.25, -0.2) is 0 Å². The summed E-state index contributed by atoms with van der Waals surface area (Å²) in [7, 11) is 0. The third-order valence-corrected chi connectivity index (χ3v) is 5.56. The predicted octanol–water partition coefficient (Wildman–Crippen LogP) is 5.32. The van der Waals surface area contributed by atoms with Gasteiger partial charge in [-0.3, -0.25) is 19.7 Å². The monoisotopic (exact) mass is 463 g/mol. The normalized spacial score (nSPS) is 14.5. The summed E-state index contributed by atoms with van der Waals surface area (Å²) in [5.41, 5.74) is -0.124. The van der Waals surface area contributed by atoms with Gasteiger partial charge in [-0.1, -0.05) is 43.5 Å². The van der Waals surface area contributed by atoms with Crippen molar-refractivity contribution in [2.24, 2.45) is 5.92 Å². The molecule has 176 valence electrons. The van der Waals surface area contributed by atoms with Crippen LogP contribution in [0.1, 0.15) is 48.0 Å². The second-order valence-corrected chi connectivity index (χ2v) is 8.07. The van der Waals surface area contributed by atoms with E-state index >= 15 is 0 Å². The number of alkyl halides is 3. The lowest BCUT2D eigenvalue weighted by molar-refractivity contribution is -0.385. The van der Waals surface area contributed by atoms with Crippen LogP contribution in [0, 0.1) is 16.0 Å². The molecule has 0 unspecified atom stereocenters. The third-order valence-electron chi connectivity index (χ3n) is 5.56. The lowest BCUT2D eigenvalue weighted by atomic mass is 9.88. The fraction of sp³-hybridized carbons (Fsp3) is 0.391. The summed E-state index contributed by atoms with van der Waals surface area (Å²) in [4.78, 5) is 36.5. The molecule has 10 heteroatoms. The van der Waals surface area contributed by atoms with Crippen molar-refractivity contribution in [2.75, 3.05) is 11.9 Å². The number of nitro benzene ring substituents is 1.